The molecule has 34 heavy (non-hydrogen) atoms. The first kappa shape index (κ1) is 26.2. The van der Waals surface area contributed by atoms with Crippen LogP contribution in [0.4, 0.5) is 0 Å². The minimum Gasteiger partial charge on any atom is -0.331 e. The van der Waals surface area contributed by atoms with Crippen molar-refractivity contribution in [1.29, 1.82) is 0 Å². The lowest BCUT2D eigenvalue weighted by Crippen LogP contribution is -2.31. The van der Waals surface area contributed by atoms with Crippen LogP contribution in [-0.4, -0.2) is 60.7 Å². The quantitative estimate of drug-likeness (QED) is 0.355. The Bertz CT molecular complexity index is 1230. The van der Waals surface area contributed by atoms with Crippen molar-refractivity contribution in [2.24, 2.45) is 0 Å². The van der Waals surface area contributed by atoms with E-state index in [9.17, 15) is 18.0 Å². The van der Waals surface area contributed by atoms with Crippen molar-refractivity contribution < 1.29 is 18.0 Å². The summed E-state index contributed by atoms with van der Waals surface area (Å²) < 4.78 is 25.1. The molecule has 0 aliphatic heterocycles. The van der Waals surface area contributed by atoms with E-state index in [-0.39, 0.29) is 18.1 Å². The van der Waals surface area contributed by atoms with Gasteiger partial charge in [0.25, 0.3) is 5.91 Å². The number of thiophene rings is 1. The van der Waals surface area contributed by atoms with Crippen LogP contribution in [-0.2, 0) is 23.0 Å². The Morgan fingerprint density at radius 3 is 2.41 bits per heavy atom. The number of benzene rings is 1. The lowest BCUT2D eigenvalue weighted by Gasteiger charge is -2.21. The van der Waals surface area contributed by atoms with Gasteiger partial charge in [-0.25, -0.2) is 17.7 Å². The molecule has 2 heterocycles. The van der Waals surface area contributed by atoms with Crippen LogP contribution in [0, 0.1) is 13.8 Å². The number of aryl methyl sites for hydroxylation is 3. The van der Waals surface area contributed by atoms with E-state index < -0.39 is 21.6 Å². The zero-order valence-corrected chi connectivity index (χ0v) is 22.2. The van der Waals surface area contributed by atoms with Crippen LogP contribution in [0.2, 0.25) is 0 Å². The van der Waals surface area contributed by atoms with E-state index in [0.29, 0.717) is 16.4 Å². The second kappa shape index (κ2) is 11.4. The number of carbonyl (C=O) groups excluding carboxylic acids is 2. The molecule has 1 aromatic carbocycles. The van der Waals surface area contributed by atoms with Gasteiger partial charge in [-0.3, -0.25) is 9.59 Å². The molecule has 3 aromatic rings. The number of Topliss-reactive ketones (excluding diaryl/α,β-unsaturated/α-hetero) is 1. The Kier molecular flexibility index (Phi) is 8.75. The third kappa shape index (κ3) is 6.82. The molecule has 0 saturated carbocycles. The number of nitrogens with zero attached hydrogens (tertiary/aromatic N) is 3. The number of carbonyl (C=O) groups is 2. The molecule has 7 nitrogen and oxygen atoms in total. The Labute approximate surface area is 209 Å². The van der Waals surface area contributed by atoms with Gasteiger partial charge in [0.2, 0.25) is 10.0 Å². The fourth-order valence-corrected chi connectivity index (χ4v) is 5.80. The molecule has 0 radical (unpaired) electrons. The first-order chi connectivity index (χ1) is 16.1. The molecule has 2 aromatic heterocycles. The third-order valence-corrected chi connectivity index (χ3v) is 9.15. The Balaban J connectivity index is 1.74. The summed E-state index contributed by atoms with van der Waals surface area (Å²) in [6.45, 7) is 4.80. The van der Waals surface area contributed by atoms with Gasteiger partial charge in [-0.05, 0) is 43.9 Å². The number of aromatic nitrogens is 1. The number of thiazole rings is 1. The fourth-order valence-electron chi connectivity index (χ4n) is 3.25. The van der Waals surface area contributed by atoms with E-state index in [4.69, 9.17) is 0 Å². The highest BCUT2D eigenvalue weighted by Gasteiger charge is 2.24. The van der Waals surface area contributed by atoms with Crippen molar-refractivity contribution in [3.05, 3.63) is 73.4 Å². The van der Waals surface area contributed by atoms with E-state index in [1.54, 1.807) is 10.3 Å². The molecule has 0 fully saturated rings. The van der Waals surface area contributed by atoms with Gasteiger partial charge in [0.15, 0.2) is 5.78 Å². The molecular formula is C24H29N3O4S3. The number of amides is 1. The first-order valence-corrected chi connectivity index (χ1v) is 14.2. The van der Waals surface area contributed by atoms with E-state index in [2.05, 4.69) is 17.1 Å². The summed E-state index contributed by atoms with van der Waals surface area (Å²) in [6, 6.07) is 12.0. The van der Waals surface area contributed by atoms with Crippen molar-refractivity contribution in [2.75, 3.05) is 26.4 Å². The molecule has 0 atom stereocenters. The van der Waals surface area contributed by atoms with Crippen molar-refractivity contribution in [2.45, 2.75) is 33.2 Å². The monoisotopic (exact) mass is 519 g/mol. The van der Waals surface area contributed by atoms with Gasteiger partial charge >= 0.3 is 0 Å². The van der Waals surface area contributed by atoms with Gasteiger partial charge in [-0.2, -0.15) is 0 Å². The minimum atomic E-state index is -3.66. The van der Waals surface area contributed by atoms with Crippen LogP contribution in [0.3, 0.4) is 0 Å². The Hall–Kier alpha value is -2.40. The van der Waals surface area contributed by atoms with Crippen LogP contribution in [0.1, 0.15) is 47.6 Å². The van der Waals surface area contributed by atoms with E-state index in [1.165, 1.54) is 42.3 Å². The maximum atomic E-state index is 13.3. The number of sulfonamides is 1. The molecule has 3 rings (SSSR count). The van der Waals surface area contributed by atoms with Gasteiger partial charge in [0, 0.05) is 30.9 Å². The summed E-state index contributed by atoms with van der Waals surface area (Å²) in [4.78, 5) is 33.7. The molecule has 0 bridgehead atoms. The summed E-state index contributed by atoms with van der Waals surface area (Å²) in [5, 5.41) is 2.17. The number of hydrogen-bond acceptors (Lipinski definition) is 7. The summed E-state index contributed by atoms with van der Waals surface area (Å²) in [5.41, 5.74) is 2.41. The zero-order valence-electron chi connectivity index (χ0n) is 19.8. The van der Waals surface area contributed by atoms with Crippen molar-refractivity contribution in [3.8, 4) is 0 Å². The predicted octanol–water partition coefficient (Wildman–Crippen LogP) is 4.17. The van der Waals surface area contributed by atoms with Gasteiger partial charge in [0.1, 0.15) is 16.5 Å². The average molecular weight is 520 g/mol. The Morgan fingerprint density at radius 2 is 1.79 bits per heavy atom. The predicted molar refractivity (Wildman–Crippen MR) is 137 cm³/mol. The van der Waals surface area contributed by atoms with Crippen molar-refractivity contribution >= 4 is 44.4 Å². The van der Waals surface area contributed by atoms with Crippen LogP contribution >= 0.6 is 22.7 Å². The topological polar surface area (TPSA) is 87.6 Å². The molecule has 1 amide bonds. The SMILES string of the molecule is Cc1cc(C(=O)N(CCCc2ccccc2)Cc2nc(C(=O)CS(=O)(=O)N(C)C)cs2)sc1C. The Morgan fingerprint density at radius 1 is 1.09 bits per heavy atom. The number of rotatable bonds is 11. The first-order valence-electron chi connectivity index (χ1n) is 10.8. The summed E-state index contributed by atoms with van der Waals surface area (Å²) in [5.74, 6) is -1.24. The molecule has 0 spiro atoms. The highest BCUT2D eigenvalue weighted by Crippen LogP contribution is 2.24. The molecular weight excluding hydrogens is 490 g/mol. The van der Waals surface area contributed by atoms with Crippen LogP contribution in [0.15, 0.2) is 41.8 Å². The van der Waals surface area contributed by atoms with Crippen LogP contribution < -0.4 is 0 Å². The van der Waals surface area contributed by atoms with Gasteiger partial charge in [0.05, 0.1) is 11.4 Å². The fraction of sp³-hybridized carbons (Fsp3) is 0.375. The van der Waals surface area contributed by atoms with Crippen molar-refractivity contribution in [1.82, 2.24) is 14.2 Å². The third-order valence-electron chi connectivity index (χ3n) is 5.43. The van der Waals surface area contributed by atoms with E-state index >= 15 is 0 Å². The van der Waals surface area contributed by atoms with Crippen LogP contribution in [0.25, 0.3) is 0 Å². The summed E-state index contributed by atoms with van der Waals surface area (Å²) in [6.07, 6.45) is 1.63. The van der Waals surface area contributed by atoms with Gasteiger partial charge in [-0.15, -0.1) is 22.7 Å². The van der Waals surface area contributed by atoms with Gasteiger partial charge in [-0.1, -0.05) is 30.3 Å². The minimum absolute atomic E-state index is 0.0625. The maximum absolute atomic E-state index is 13.3. The highest BCUT2D eigenvalue weighted by atomic mass is 32.2. The largest absolute Gasteiger partial charge is 0.331 e. The maximum Gasteiger partial charge on any atom is 0.264 e. The molecule has 182 valence electrons. The lowest BCUT2D eigenvalue weighted by molar-refractivity contribution is 0.0746. The molecule has 0 aliphatic carbocycles. The molecule has 0 aliphatic rings. The van der Waals surface area contributed by atoms with Crippen molar-refractivity contribution in [3.63, 3.8) is 0 Å². The number of hydrogen-bond donors (Lipinski definition) is 0. The van der Waals surface area contributed by atoms with E-state index in [1.807, 2.05) is 38.1 Å². The number of ketones is 1. The standard InChI is InChI=1S/C24H29N3O4S3/c1-17-13-22(33-18(17)2)24(29)27(12-8-11-19-9-6-5-7-10-19)14-23-25-20(15-32-23)21(28)16-34(30,31)26(3)4/h5-7,9-10,13,15H,8,11-12,14,16H2,1-4H3. The lowest BCUT2D eigenvalue weighted by atomic mass is 10.1. The average Bonchev–Trinajstić information content (AvgIpc) is 3.39. The zero-order chi connectivity index (χ0) is 24.9. The molecule has 10 heteroatoms. The molecule has 0 saturated heterocycles. The highest BCUT2D eigenvalue weighted by molar-refractivity contribution is 7.89. The second-order valence-electron chi connectivity index (χ2n) is 8.25. The second-order valence-corrected chi connectivity index (χ2v) is 12.6. The normalized spacial score (nSPS) is 11.7. The summed E-state index contributed by atoms with van der Waals surface area (Å²) >= 11 is 2.74. The molecule has 0 unspecified atom stereocenters. The summed E-state index contributed by atoms with van der Waals surface area (Å²) in [7, 11) is -0.882. The smallest absolute Gasteiger partial charge is 0.264 e. The molecule has 0 N–H and O–H groups in total. The van der Waals surface area contributed by atoms with E-state index in [0.717, 1.165) is 27.6 Å². The van der Waals surface area contributed by atoms with Crippen LogP contribution in [0.5, 0.6) is 0 Å². The van der Waals surface area contributed by atoms with Gasteiger partial charge < -0.3 is 4.90 Å².